The Bertz CT molecular complexity index is 724. The Kier molecular flexibility index (Phi) is 6.12. The highest BCUT2D eigenvalue weighted by atomic mass is 32.2. The molecule has 0 aliphatic carbocycles. The first-order valence-corrected chi connectivity index (χ1v) is 10.0. The fraction of sp³-hybridized carbons (Fsp3) is 0.444. The van der Waals surface area contributed by atoms with Crippen molar-refractivity contribution in [3.8, 4) is 5.75 Å². The summed E-state index contributed by atoms with van der Waals surface area (Å²) in [7, 11) is -3.66. The number of rotatable bonds is 9. The molecule has 1 atom stereocenters. The van der Waals surface area contributed by atoms with E-state index in [0.717, 1.165) is 25.2 Å². The van der Waals surface area contributed by atoms with Crippen molar-refractivity contribution in [2.24, 2.45) is 0 Å². The smallest absolute Gasteiger partial charge is 0.310 e. The average Bonchev–Trinajstić information content (AvgIpc) is 3.27. The number of para-hydroxylation sites is 1. The van der Waals surface area contributed by atoms with Crippen molar-refractivity contribution in [3.63, 3.8) is 0 Å². The summed E-state index contributed by atoms with van der Waals surface area (Å²) in [6.45, 7) is 2.36. The number of furan rings is 1. The van der Waals surface area contributed by atoms with Crippen LogP contribution in [0.1, 0.15) is 18.6 Å². The van der Waals surface area contributed by atoms with Crippen LogP contribution in [0, 0.1) is 0 Å². The second kappa shape index (κ2) is 8.51. The van der Waals surface area contributed by atoms with Crippen LogP contribution in [-0.2, 0) is 21.4 Å². The van der Waals surface area contributed by atoms with E-state index in [4.69, 9.17) is 13.3 Å². The van der Waals surface area contributed by atoms with E-state index in [2.05, 4.69) is 0 Å². The number of benzene rings is 1. The molecule has 136 valence electrons. The molecule has 2 aromatic rings. The minimum atomic E-state index is -3.66. The normalized spacial score (nSPS) is 17.9. The topological polar surface area (TPSA) is 69.0 Å². The largest absolute Gasteiger partial charge is 0.468 e. The van der Waals surface area contributed by atoms with Gasteiger partial charge in [0.25, 0.3) is 0 Å². The van der Waals surface area contributed by atoms with Crippen LogP contribution in [0.4, 0.5) is 0 Å². The summed E-state index contributed by atoms with van der Waals surface area (Å²) in [5, 5.41) is 0. The minimum absolute atomic E-state index is 0.0880. The molecule has 0 radical (unpaired) electrons. The molecule has 1 aliphatic rings. The van der Waals surface area contributed by atoms with Crippen molar-refractivity contribution in [3.05, 3.63) is 54.5 Å². The van der Waals surface area contributed by atoms with Gasteiger partial charge in [0.2, 0.25) is 0 Å². The van der Waals surface area contributed by atoms with Crippen molar-refractivity contribution >= 4 is 10.1 Å². The summed E-state index contributed by atoms with van der Waals surface area (Å²) in [4.78, 5) is 2.04. The van der Waals surface area contributed by atoms with Crippen LogP contribution in [0.3, 0.4) is 0 Å². The maximum atomic E-state index is 12.2. The van der Waals surface area contributed by atoms with Gasteiger partial charge in [0.1, 0.15) is 11.5 Å². The molecule has 3 rings (SSSR count). The predicted octanol–water partition coefficient (Wildman–Crippen LogP) is 2.67. The molecule has 1 aromatic carbocycles. The van der Waals surface area contributed by atoms with E-state index >= 15 is 0 Å². The van der Waals surface area contributed by atoms with E-state index in [1.165, 1.54) is 0 Å². The fourth-order valence-electron chi connectivity index (χ4n) is 2.84. The number of ether oxygens (including phenoxy) is 1. The number of hydrogen-bond acceptors (Lipinski definition) is 6. The lowest BCUT2D eigenvalue weighted by atomic mass is 10.2. The van der Waals surface area contributed by atoms with E-state index in [9.17, 15) is 8.42 Å². The Labute approximate surface area is 148 Å². The van der Waals surface area contributed by atoms with Gasteiger partial charge in [-0.3, -0.25) is 4.90 Å². The highest BCUT2D eigenvalue weighted by Crippen LogP contribution is 2.16. The van der Waals surface area contributed by atoms with E-state index < -0.39 is 10.1 Å². The highest BCUT2D eigenvalue weighted by molar-refractivity contribution is 7.87. The molecular formula is C18H23NO5S. The van der Waals surface area contributed by atoms with E-state index in [1.54, 1.807) is 30.5 Å². The highest BCUT2D eigenvalue weighted by Gasteiger charge is 2.22. The van der Waals surface area contributed by atoms with Gasteiger partial charge >= 0.3 is 10.1 Å². The van der Waals surface area contributed by atoms with Crippen LogP contribution in [-0.4, -0.2) is 44.9 Å². The van der Waals surface area contributed by atoms with Crippen LogP contribution in [0.15, 0.2) is 53.1 Å². The van der Waals surface area contributed by atoms with Crippen LogP contribution >= 0.6 is 0 Å². The van der Waals surface area contributed by atoms with Gasteiger partial charge in [0.15, 0.2) is 0 Å². The van der Waals surface area contributed by atoms with Crippen LogP contribution < -0.4 is 4.18 Å². The second-order valence-electron chi connectivity index (χ2n) is 6.11. The summed E-state index contributed by atoms with van der Waals surface area (Å²) < 4.78 is 40.7. The van der Waals surface area contributed by atoms with Crippen LogP contribution in [0.5, 0.6) is 5.75 Å². The second-order valence-corrected chi connectivity index (χ2v) is 7.80. The monoisotopic (exact) mass is 365 g/mol. The van der Waals surface area contributed by atoms with Gasteiger partial charge < -0.3 is 13.3 Å². The Morgan fingerprint density at radius 2 is 2.00 bits per heavy atom. The first-order chi connectivity index (χ1) is 12.1. The van der Waals surface area contributed by atoms with Gasteiger partial charge in [-0.2, -0.15) is 8.42 Å². The lowest BCUT2D eigenvalue weighted by Gasteiger charge is -2.24. The molecule has 1 aromatic heterocycles. The number of hydrogen-bond donors (Lipinski definition) is 0. The van der Waals surface area contributed by atoms with Crippen molar-refractivity contribution in [2.45, 2.75) is 25.5 Å². The standard InChI is InChI=1S/C18H23NO5S/c20-25(21,24-16-6-2-1-3-7-16)13-10-19(14-17-8-4-11-22-17)15-18-9-5-12-23-18/h1-4,6-8,11,18H,5,9-10,12-15H2. The van der Waals surface area contributed by atoms with Crippen molar-refractivity contribution in [1.82, 2.24) is 4.90 Å². The zero-order valence-corrected chi connectivity index (χ0v) is 14.9. The summed E-state index contributed by atoms with van der Waals surface area (Å²) >= 11 is 0. The summed E-state index contributed by atoms with van der Waals surface area (Å²) in [6, 6.07) is 12.3. The molecular weight excluding hydrogens is 342 g/mol. The minimum Gasteiger partial charge on any atom is -0.468 e. The van der Waals surface area contributed by atoms with Crippen molar-refractivity contribution in [1.29, 1.82) is 0 Å². The van der Waals surface area contributed by atoms with Crippen molar-refractivity contribution in [2.75, 3.05) is 25.4 Å². The lowest BCUT2D eigenvalue weighted by Crippen LogP contribution is -2.36. The Morgan fingerprint density at radius 3 is 2.68 bits per heavy atom. The molecule has 25 heavy (non-hydrogen) atoms. The molecule has 6 nitrogen and oxygen atoms in total. The van der Waals surface area contributed by atoms with E-state index in [1.807, 2.05) is 23.1 Å². The summed E-state index contributed by atoms with van der Waals surface area (Å²) in [5.41, 5.74) is 0. The molecule has 1 aliphatic heterocycles. The van der Waals surface area contributed by atoms with Gasteiger partial charge in [-0.25, -0.2) is 0 Å². The summed E-state index contributed by atoms with van der Waals surface area (Å²) in [6.07, 6.45) is 3.82. The molecule has 2 heterocycles. The molecule has 0 spiro atoms. The Morgan fingerprint density at radius 1 is 1.16 bits per heavy atom. The maximum Gasteiger partial charge on any atom is 0.310 e. The van der Waals surface area contributed by atoms with E-state index in [-0.39, 0.29) is 11.9 Å². The average molecular weight is 365 g/mol. The SMILES string of the molecule is O=S(=O)(CCN(Cc1ccco1)CC1CCCO1)Oc1ccccc1. The third-order valence-corrected chi connectivity index (χ3v) is 5.20. The molecule has 0 N–H and O–H groups in total. The predicted molar refractivity (Wildman–Crippen MR) is 93.8 cm³/mol. The molecule has 1 saturated heterocycles. The number of nitrogens with zero attached hydrogens (tertiary/aromatic N) is 1. The third-order valence-electron chi connectivity index (χ3n) is 4.07. The van der Waals surface area contributed by atoms with Crippen molar-refractivity contribution < 1.29 is 21.8 Å². The van der Waals surface area contributed by atoms with Gasteiger partial charge in [0.05, 0.1) is 24.7 Å². The van der Waals surface area contributed by atoms with E-state index in [0.29, 0.717) is 25.4 Å². The van der Waals surface area contributed by atoms with Gasteiger partial charge in [-0.15, -0.1) is 0 Å². The quantitative estimate of drug-likeness (QED) is 0.637. The zero-order valence-electron chi connectivity index (χ0n) is 14.0. The van der Waals surface area contributed by atoms with Crippen LogP contribution in [0.2, 0.25) is 0 Å². The Hall–Kier alpha value is -1.83. The molecule has 0 bridgehead atoms. The van der Waals surface area contributed by atoms with Crippen LogP contribution in [0.25, 0.3) is 0 Å². The molecule has 1 unspecified atom stereocenters. The molecule has 1 fully saturated rings. The fourth-order valence-corrected chi connectivity index (χ4v) is 3.81. The lowest BCUT2D eigenvalue weighted by molar-refractivity contribution is 0.0704. The first-order valence-electron chi connectivity index (χ1n) is 8.44. The van der Waals surface area contributed by atoms with Gasteiger partial charge in [-0.1, -0.05) is 18.2 Å². The molecule has 7 heteroatoms. The van der Waals surface area contributed by atoms with Gasteiger partial charge in [-0.05, 0) is 37.1 Å². The zero-order chi connectivity index (χ0) is 17.5. The first kappa shape index (κ1) is 18.0. The van der Waals surface area contributed by atoms with Gasteiger partial charge in [0, 0.05) is 19.7 Å². The molecule has 0 saturated carbocycles. The molecule has 0 amide bonds. The third kappa shape index (κ3) is 5.88. The Balaban J connectivity index is 1.58. The summed E-state index contributed by atoms with van der Waals surface area (Å²) in [5.74, 6) is 1.05. The maximum absolute atomic E-state index is 12.2.